The third-order valence-electron chi connectivity index (χ3n) is 2.86. The molecule has 3 aromatic rings. The van der Waals surface area contributed by atoms with E-state index >= 15 is 0 Å². The van der Waals surface area contributed by atoms with Crippen LogP contribution in [-0.2, 0) is 17.4 Å². The summed E-state index contributed by atoms with van der Waals surface area (Å²) in [5.74, 6) is -1.65. The van der Waals surface area contributed by atoms with Gasteiger partial charge < -0.3 is 9.08 Å². The first-order valence-corrected chi connectivity index (χ1v) is 7.50. The van der Waals surface area contributed by atoms with E-state index < -0.39 is 23.2 Å². The third kappa shape index (κ3) is 3.38. The van der Waals surface area contributed by atoms with Gasteiger partial charge in [-0.2, -0.15) is 18.2 Å². The second kappa shape index (κ2) is 6.05. The van der Waals surface area contributed by atoms with Crippen LogP contribution in [0, 0.1) is 6.07 Å². The van der Waals surface area contributed by atoms with Crippen LogP contribution in [0.4, 0.5) is 13.2 Å². The Bertz CT molecular complexity index is 806. The number of rotatable bonds is 3. The van der Waals surface area contributed by atoms with Gasteiger partial charge in [-0.15, -0.1) is 0 Å². The second-order valence-electron chi connectivity index (χ2n) is 4.44. The van der Waals surface area contributed by atoms with E-state index in [9.17, 15) is 17.7 Å². The number of alkyl halides is 3. The molecular weight excluding hydrogens is 329 g/mol. The normalized spacial score (nSPS) is 13.0. The van der Waals surface area contributed by atoms with Gasteiger partial charge in [-0.3, -0.25) is 0 Å². The van der Waals surface area contributed by atoms with Gasteiger partial charge in [0.25, 0.3) is 0 Å². The summed E-state index contributed by atoms with van der Waals surface area (Å²) in [7, 11) is 0. The first-order chi connectivity index (χ1) is 10.9. The van der Waals surface area contributed by atoms with E-state index in [1.54, 1.807) is 30.3 Å². The Labute approximate surface area is 132 Å². The maximum Gasteiger partial charge on any atom is 0.471 e. The molecule has 3 rings (SSSR count). The van der Waals surface area contributed by atoms with Gasteiger partial charge >= 0.3 is 12.1 Å². The molecule has 2 aromatic carbocycles. The molecule has 23 heavy (non-hydrogen) atoms. The first-order valence-electron chi connectivity index (χ1n) is 6.35. The van der Waals surface area contributed by atoms with Crippen molar-refractivity contribution in [2.45, 2.75) is 16.0 Å². The smallest absolute Gasteiger partial charge is 0.471 e. The predicted molar refractivity (Wildman–Crippen MR) is 74.7 cm³/mol. The van der Waals surface area contributed by atoms with Crippen LogP contribution in [0.25, 0.3) is 11.4 Å². The van der Waals surface area contributed by atoms with Crippen molar-refractivity contribution in [1.82, 2.24) is 10.1 Å². The zero-order valence-corrected chi connectivity index (χ0v) is 12.2. The summed E-state index contributed by atoms with van der Waals surface area (Å²) >= 11 is -1.51. The molecule has 0 spiro atoms. The zero-order valence-electron chi connectivity index (χ0n) is 11.4. The highest BCUT2D eigenvalue weighted by Crippen LogP contribution is 2.30. The van der Waals surface area contributed by atoms with Crippen molar-refractivity contribution in [3.8, 4) is 11.4 Å². The van der Waals surface area contributed by atoms with Crippen molar-refractivity contribution in [1.29, 1.82) is 0 Å². The first kappa shape index (κ1) is 15.6. The van der Waals surface area contributed by atoms with Crippen LogP contribution in [0.1, 0.15) is 5.89 Å². The van der Waals surface area contributed by atoms with Gasteiger partial charge in [0.15, 0.2) is 9.79 Å². The average molecular weight is 337 g/mol. The van der Waals surface area contributed by atoms with Crippen molar-refractivity contribution in [2.75, 3.05) is 0 Å². The maximum atomic E-state index is 12.5. The molecule has 0 saturated heterocycles. The lowest BCUT2D eigenvalue weighted by Gasteiger charge is -2.09. The molecule has 1 heterocycles. The second-order valence-corrected chi connectivity index (χ2v) is 5.89. The van der Waals surface area contributed by atoms with Crippen LogP contribution in [0.3, 0.4) is 0 Å². The Morgan fingerprint density at radius 1 is 1.13 bits per heavy atom. The third-order valence-corrected chi connectivity index (χ3v) is 4.19. The molecule has 0 saturated carbocycles. The molecule has 4 nitrogen and oxygen atoms in total. The molecular formula is C15H8F3N2O2S. The molecule has 0 N–H and O–H groups in total. The van der Waals surface area contributed by atoms with Crippen molar-refractivity contribution < 1.29 is 22.2 Å². The van der Waals surface area contributed by atoms with E-state index in [1.807, 2.05) is 0 Å². The number of hydrogen-bond acceptors (Lipinski definition) is 4. The Morgan fingerprint density at radius 2 is 1.87 bits per heavy atom. The van der Waals surface area contributed by atoms with Crippen LogP contribution in [0.15, 0.2) is 62.8 Å². The highest BCUT2D eigenvalue weighted by atomic mass is 32.2. The fourth-order valence-corrected chi connectivity index (χ4v) is 2.88. The molecule has 0 aliphatic carbocycles. The summed E-state index contributed by atoms with van der Waals surface area (Å²) < 4.78 is 54.1. The Balaban J connectivity index is 1.93. The van der Waals surface area contributed by atoms with Crippen LogP contribution in [0.5, 0.6) is 0 Å². The minimum absolute atomic E-state index is 0.224. The molecule has 0 bridgehead atoms. The van der Waals surface area contributed by atoms with E-state index in [-0.39, 0.29) is 11.4 Å². The molecule has 0 fully saturated rings. The fourth-order valence-electron chi connectivity index (χ4n) is 1.82. The highest BCUT2D eigenvalue weighted by molar-refractivity contribution is 7.91. The van der Waals surface area contributed by atoms with Gasteiger partial charge in [0, 0.05) is 28.9 Å². The minimum atomic E-state index is -4.71. The van der Waals surface area contributed by atoms with Gasteiger partial charge in [0.2, 0.25) is 5.82 Å². The predicted octanol–water partition coefficient (Wildman–Crippen LogP) is 3.72. The van der Waals surface area contributed by atoms with E-state index in [0.29, 0.717) is 9.79 Å². The lowest BCUT2D eigenvalue weighted by atomic mass is 10.2. The van der Waals surface area contributed by atoms with Crippen LogP contribution < -0.4 is 0 Å². The lowest BCUT2D eigenvalue weighted by molar-refractivity contribution is -0.159. The average Bonchev–Trinajstić information content (AvgIpc) is 3.05. The largest absolute Gasteiger partial charge is 0.606 e. The van der Waals surface area contributed by atoms with Crippen molar-refractivity contribution in [3.63, 3.8) is 0 Å². The topological polar surface area (TPSA) is 62.0 Å². The number of hydrogen-bond donors (Lipinski definition) is 0. The molecule has 8 heteroatoms. The molecule has 1 radical (unpaired) electrons. The monoisotopic (exact) mass is 337 g/mol. The van der Waals surface area contributed by atoms with Crippen LogP contribution in [-0.4, -0.2) is 14.7 Å². The van der Waals surface area contributed by atoms with E-state index in [0.717, 1.165) is 0 Å². The van der Waals surface area contributed by atoms with Crippen molar-refractivity contribution >= 4 is 11.2 Å². The summed E-state index contributed by atoms with van der Waals surface area (Å²) in [5, 5.41) is 3.31. The van der Waals surface area contributed by atoms with Gasteiger partial charge in [-0.1, -0.05) is 29.4 Å². The van der Waals surface area contributed by atoms with E-state index in [4.69, 9.17) is 0 Å². The summed E-state index contributed by atoms with van der Waals surface area (Å²) in [6.07, 6.45) is -4.71. The molecule has 1 unspecified atom stereocenters. The Hall–Kier alpha value is -2.32. The summed E-state index contributed by atoms with van der Waals surface area (Å²) in [5.41, 5.74) is 0.266. The maximum absolute atomic E-state index is 12.5. The molecule has 0 aliphatic rings. The number of benzene rings is 2. The molecule has 0 amide bonds. The zero-order chi connectivity index (χ0) is 16.4. The van der Waals surface area contributed by atoms with Gasteiger partial charge in [-0.25, -0.2) is 0 Å². The van der Waals surface area contributed by atoms with Crippen molar-refractivity contribution in [3.05, 3.63) is 60.5 Å². The lowest BCUT2D eigenvalue weighted by Crippen LogP contribution is -2.05. The molecule has 0 aliphatic heterocycles. The van der Waals surface area contributed by atoms with Crippen LogP contribution in [0.2, 0.25) is 0 Å². The quantitative estimate of drug-likeness (QED) is 0.683. The summed E-state index contributed by atoms with van der Waals surface area (Å²) in [6, 6.07) is 15.8. The number of nitrogens with zero attached hydrogens (tertiary/aromatic N) is 2. The van der Waals surface area contributed by atoms with E-state index in [2.05, 4.69) is 20.7 Å². The SMILES string of the molecule is [O-][S+](c1[c]ccc(-c2noc(C(F)(F)F)n2)c1)c1ccccc1. The number of aromatic nitrogens is 2. The standard InChI is InChI=1S/C15H8F3N2O2S/c16-15(17,18)14-19-13(20-22-14)10-5-4-8-12(9-10)23(21)11-6-2-1-3-7-11/h1-7,9H. The minimum Gasteiger partial charge on any atom is -0.606 e. The molecule has 117 valence electrons. The summed E-state index contributed by atoms with van der Waals surface area (Å²) in [4.78, 5) is 4.18. The Kier molecular flexibility index (Phi) is 4.10. The fraction of sp³-hybridized carbons (Fsp3) is 0.0667. The van der Waals surface area contributed by atoms with Crippen molar-refractivity contribution in [2.24, 2.45) is 0 Å². The van der Waals surface area contributed by atoms with Gasteiger partial charge in [0.1, 0.15) is 0 Å². The van der Waals surface area contributed by atoms with Gasteiger partial charge in [-0.05, 0) is 18.2 Å². The van der Waals surface area contributed by atoms with Crippen LogP contribution >= 0.6 is 0 Å². The molecule has 1 aromatic heterocycles. The van der Waals surface area contributed by atoms with Gasteiger partial charge in [0.05, 0.1) is 0 Å². The highest BCUT2D eigenvalue weighted by Gasteiger charge is 2.38. The summed E-state index contributed by atoms with van der Waals surface area (Å²) in [6.45, 7) is 0. The number of halogens is 3. The van der Waals surface area contributed by atoms with E-state index in [1.165, 1.54) is 18.2 Å². The Morgan fingerprint density at radius 3 is 2.52 bits per heavy atom. The molecule has 1 atom stereocenters.